The number of rotatable bonds is 3. The third kappa shape index (κ3) is 3.84. The molecule has 0 saturated carbocycles. The van der Waals surface area contributed by atoms with Gasteiger partial charge in [0.2, 0.25) is 0 Å². The fraction of sp³-hybridized carbons (Fsp3) is 0.600. The Bertz CT molecular complexity index is 173. The van der Waals surface area contributed by atoms with E-state index >= 15 is 0 Å². The fourth-order valence-corrected chi connectivity index (χ4v) is 1.14. The number of hydrogen-bond donors (Lipinski definition) is 4. The van der Waals surface area contributed by atoms with Crippen molar-refractivity contribution in [2.45, 2.75) is 18.2 Å². The molecule has 0 aromatic rings. The van der Waals surface area contributed by atoms with Crippen molar-refractivity contribution in [1.29, 1.82) is 5.41 Å². The molecule has 5 nitrogen and oxygen atoms in total. The van der Waals surface area contributed by atoms with E-state index in [2.05, 4.69) is 0 Å². The van der Waals surface area contributed by atoms with Gasteiger partial charge in [0.15, 0.2) is 5.17 Å². The highest BCUT2D eigenvalue weighted by molar-refractivity contribution is 8.14. The summed E-state index contributed by atoms with van der Waals surface area (Å²) in [6.45, 7) is 1.62. The van der Waals surface area contributed by atoms with Gasteiger partial charge in [-0.1, -0.05) is 18.7 Å². The number of aliphatic carboxylic acids is 1. The van der Waals surface area contributed by atoms with Gasteiger partial charge in [-0.05, 0) is 0 Å². The number of thioether (sulfide) groups is 1. The molecule has 0 aliphatic rings. The van der Waals surface area contributed by atoms with Gasteiger partial charge in [-0.2, -0.15) is 0 Å². The maximum Gasteiger partial charge on any atom is 0.321 e. The first-order valence-electron chi connectivity index (χ1n) is 2.94. The van der Waals surface area contributed by atoms with Crippen LogP contribution in [0.15, 0.2) is 0 Å². The molecule has 0 unspecified atom stereocenters. The molecule has 2 atom stereocenters. The summed E-state index contributed by atoms with van der Waals surface area (Å²) >= 11 is 0.946. The van der Waals surface area contributed by atoms with Crippen LogP contribution < -0.4 is 11.5 Å². The largest absolute Gasteiger partial charge is 0.480 e. The highest BCUT2D eigenvalue weighted by atomic mass is 32.2. The van der Waals surface area contributed by atoms with Crippen LogP contribution >= 0.6 is 11.8 Å². The molecule has 64 valence electrons. The molecule has 0 rings (SSSR count). The predicted octanol–water partition coefficient (Wildman–Crippen LogP) is -0.587. The number of hydrogen-bond acceptors (Lipinski definition) is 4. The Morgan fingerprint density at radius 3 is 2.45 bits per heavy atom. The van der Waals surface area contributed by atoms with E-state index in [0.717, 1.165) is 11.8 Å². The minimum Gasteiger partial charge on any atom is -0.480 e. The Morgan fingerprint density at radius 2 is 2.18 bits per heavy atom. The molecule has 0 bridgehead atoms. The Labute approximate surface area is 68.6 Å². The first-order valence-corrected chi connectivity index (χ1v) is 3.82. The zero-order valence-corrected chi connectivity index (χ0v) is 6.89. The van der Waals surface area contributed by atoms with E-state index in [0.29, 0.717) is 0 Å². The molecule has 6 N–H and O–H groups in total. The summed E-state index contributed by atoms with van der Waals surface area (Å²) in [5.41, 5.74) is 10.3. The molecule has 0 spiro atoms. The summed E-state index contributed by atoms with van der Waals surface area (Å²) in [5.74, 6) is -1.08. The Balaban J connectivity index is 3.92. The standard InChI is InChI=1S/C5H11N3O2S/c1-2(11-5(7)8)3(6)4(9)10/h2-3H,6H2,1H3,(H3,7,8)(H,9,10)/t2-,3+/m1/s1. The second-order valence-electron chi connectivity index (χ2n) is 2.05. The Kier molecular flexibility index (Phi) is 3.91. The average Bonchev–Trinajstić information content (AvgIpc) is 1.84. The minimum atomic E-state index is -1.08. The molecule has 0 aliphatic carbocycles. The highest BCUT2D eigenvalue weighted by Gasteiger charge is 2.20. The van der Waals surface area contributed by atoms with Crippen molar-refractivity contribution in [3.8, 4) is 0 Å². The molecule has 0 radical (unpaired) electrons. The van der Waals surface area contributed by atoms with Gasteiger partial charge in [-0.3, -0.25) is 10.2 Å². The Morgan fingerprint density at radius 1 is 1.73 bits per heavy atom. The van der Waals surface area contributed by atoms with Gasteiger partial charge >= 0.3 is 5.97 Å². The molecule has 6 heteroatoms. The van der Waals surface area contributed by atoms with Crippen molar-refractivity contribution in [2.75, 3.05) is 0 Å². The van der Waals surface area contributed by atoms with Crippen molar-refractivity contribution < 1.29 is 9.90 Å². The molecule has 0 heterocycles. The second-order valence-corrected chi connectivity index (χ2v) is 3.47. The molecule has 0 aromatic carbocycles. The Hall–Kier alpha value is -0.750. The van der Waals surface area contributed by atoms with E-state index in [1.165, 1.54) is 0 Å². The van der Waals surface area contributed by atoms with Crippen LogP contribution in [-0.4, -0.2) is 27.5 Å². The monoisotopic (exact) mass is 177 g/mol. The normalized spacial score (nSPS) is 15.5. The van der Waals surface area contributed by atoms with Crippen molar-refractivity contribution >= 4 is 22.9 Å². The van der Waals surface area contributed by atoms with Crippen LogP contribution in [-0.2, 0) is 4.79 Å². The van der Waals surface area contributed by atoms with E-state index in [9.17, 15) is 4.79 Å². The van der Waals surface area contributed by atoms with Gasteiger partial charge in [0.25, 0.3) is 0 Å². The molecule has 0 fully saturated rings. The molecule has 0 aliphatic heterocycles. The van der Waals surface area contributed by atoms with Gasteiger partial charge in [-0.25, -0.2) is 0 Å². The lowest BCUT2D eigenvalue weighted by molar-refractivity contribution is -0.138. The number of nitrogens with two attached hydrogens (primary N) is 2. The van der Waals surface area contributed by atoms with Crippen LogP contribution in [0.2, 0.25) is 0 Å². The number of nitrogens with one attached hydrogen (secondary N) is 1. The molecule has 0 aromatic heterocycles. The van der Waals surface area contributed by atoms with Crippen molar-refractivity contribution in [3.63, 3.8) is 0 Å². The van der Waals surface area contributed by atoms with E-state index in [-0.39, 0.29) is 10.4 Å². The van der Waals surface area contributed by atoms with Gasteiger partial charge in [0.05, 0.1) is 0 Å². The van der Waals surface area contributed by atoms with Crippen LogP contribution in [0.3, 0.4) is 0 Å². The van der Waals surface area contributed by atoms with E-state index in [1.807, 2.05) is 0 Å². The molecular formula is C5H11N3O2S. The quantitative estimate of drug-likeness (QED) is 0.340. The lowest BCUT2D eigenvalue weighted by Gasteiger charge is -2.13. The first kappa shape index (κ1) is 10.2. The highest BCUT2D eigenvalue weighted by Crippen LogP contribution is 2.11. The summed E-state index contributed by atoms with van der Waals surface area (Å²) in [4.78, 5) is 10.3. The van der Waals surface area contributed by atoms with E-state index in [1.54, 1.807) is 6.92 Å². The maximum atomic E-state index is 10.3. The smallest absolute Gasteiger partial charge is 0.321 e. The lowest BCUT2D eigenvalue weighted by atomic mass is 10.2. The van der Waals surface area contributed by atoms with Crippen LogP contribution in [0.4, 0.5) is 0 Å². The summed E-state index contributed by atoms with van der Waals surface area (Å²) in [7, 11) is 0. The zero-order chi connectivity index (χ0) is 9.02. The van der Waals surface area contributed by atoms with E-state index in [4.69, 9.17) is 22.0 Å². The first-order chi connectivity index (χ1) is 4.95. The summed E-state index contributed by atoms with van der Waals surface area (Å²) < 4.78 is 0. The molecule has 11 heavy (non-hydrogen) atoms. The SMILES string of the molecule is C[C@@H](SC(=N)N)[C@H](N)C(=O)O. The number of carboxylic acid groups (broad SMARTS) is 1. The molecule has 0 amide bonds. The van der Waals surface area contributed by atoms with Crippen LogP contribution in [0, 0.1) is 5.41 Å². The number of carbonyl (C=O) groups is 1. The molecule has 0 saturated heterocycles. The topological polar surface area (TPSA) is 113 Å². The lowest BCUT2D eigenvalue weighted by Crippen LogP contribution is -2.39. The van der Waals surface area contributed by atoms with Crippen LogP contribution in [0.5, 0.6) is 0 Å². The zero-order valence-electron chi connectivity index (χ0n) is 6.07. The van der Waals surface area contributed by atoms with Crippen molar-refractivity contribution in [2.24, 2.45) is 11.5 Å². The average molecular weight is 177 g/mol. The second kappa shape index (κ2) is 4.20. The third-order valence-corrected chi connectivity index (χ3v) is 2.02. The van der Waals surface area contributed by atoms with Gasteiger partial charge in [0, 0.05) is 5.25 Å². The van der Waals surface area contributed by atoms with Crippen molar-refractivity contribution in [1.82, 2.24) is 0 Å². The van der Waals surface area contributed by atoms with Crippen molar-refractivity contribution in [3.05, 3.63) is 0 Å². The van der Waals surface area contributed by atoms with Crippen LogP contribution in [0.1, 0.15) is 6.92 Å². The van der Waals surface area contributed by atoms with Crippen LogP contribution in [0.25, 0.3) is 0 Å². The fourth-order valence-electron chi connectivity index (χ4n) is 0.474. The minimum absolute atomic E-state index is 0.116. The summed E-state index contributed by atoms with van der Waals surface area (Å²) in [5, 5.41) is 14.8. The maximum absolute atomic E-state index is 10.3. The summed E-state index contributed by atoms with van der Waals surface area (Å²) in [6, 6.07) is -0.969. The van der Waals surface area contributed by atoms with E-state index < -0.39 is 12.0 Å². The number of carboxylic acids is 1. The molecular weight excluding hydrogens is 166 g/mol. The predicted molar refractivity (Wildman–Crippen MR) is 44.6 cm³/mol. The summed E-state index contributed by atoms with van der Waals surface area (Å²) in [6.07, 6.45) is 0. The van der Waals surface area contributed by atoms with Gasteiger partial charge in [0.1, 0.15) is 6.04 Å². The van der Waals surface area contributed by atoms with Gasteiger partial charge < -0.3 is 16.6 Å². The third-order valence-electron chi connectivity index (χ3n) is 1.10. The van der Waals surface area contributed by atoms with Gasteiger partial charge in [-0.15, -0.1) is 0 Å². The number of amidine groups is 1.